The van der Waals surface area contributed by atoms with Crippen molar-refractivity contribution in [2.45, 2.75) is 136 Å². The summed E-state index contributed by atoms with van der Waals surface area (Å²) in [5, 5.41) is 0. The van der Waals surface area contributed by atoms with E-state index in [1.807, 2.05) is 0 Å². The Bertz CT molecular complexity index is 1030. The molecule has 10 heteroatoms. The van der Waals surface area contributed by atoms with Gasteiger partial charge in [-0.2, -0.15) is 0 Å². The van der Waals surface area contributed by atoms with E-state index in [0.717, 1.165) is 77.0 Å². The zero-order valence-electron chi connectivity index (χ0n) is 30.4. The molecule has 2 atom stereocenters. The number of phosphoric ester groups is 1. The Labute approximate surface area is 297 Å². The number of carbonyl (C=O) groups excluding carboxylic acids is 2. The maximum absolute atomic E-state index is 12.5. The molecule has 0 radical (unpaired) electrons. The number of unbranched alkanes of at least 4 members (excludes halogenated alkanes) is 8. The molecule has 0 aromatic carbocycles. The van der Waals surface area contributed by atoms with Crippen LogP contribution in [0.4, 0.5) is 0 Å². The molecule has 0 bridgehead atoms. The van der Waals surface area contributed by atoms with Gasteiger partial charge in [0.2, 0.25) is 0 Å². The summed E-state index contributed by atoms with van der Waals surface area (Å²) in [6.07, 6.45) is 41.0. The summed E-state index contributed by atoms with van der Waals surface area (Å²) in [5.74, 6) is -0.896. The van der Waals surface area contributed by atoms with Crippen LogP contribution in [0.3, 0.4) is 0 Å². The molecule has 0 aliphatic carbocycles. The lowest BCUT2D eigenvalue weighted by molar-refractivity contribution is -0.161. The van der Waals surface area contributed by atoms with Gasteiger partial charge >= 0.3 is 19.8 Å². The summed E-state index contributed by atoms with van der Waals surface area (Å²) in [6, 6.07) is 0. The lowest BCUT2D eigenvalue weighted by atomic mass is 10.1. The molecule has 0 aliphatic heterocycles. The molecule has 0 amide bonds. The van der Waals surface area contributed by atoms with Crippen molar-refractivity contribution in [2.75, 3.05) is 26.4 Å². The number of hydrogen-bond acceptors (Lipinski definition) is 8. The van der Waals surface area contributed by atoms with Crippen molar-refractivity contribution < 1.29 is 37.6 Å². The highest BCUT2D eigenvalue weighted by Gasteiger charge is 2.25. The minimum Gasteiger partial charge on any atom is -0.462 e. The van der Waals surface area contributed by atoms with Crippen LogP contribution in [0.15, 0.2) is 72.9 Å². The molecule has 49 heavy (non-hydrogen) atoms. The number of phosphoric acid groups is 1. The van der Waals surface area contributed by atoms with Crippen LogP contribution in [-0.2, 0) is 32.7 Å². The summed E-state index contributed by atoms with van der Waals surface area (Å²) >= 11 is 0. The van der Waals surface area contributed by atoms with Crippen LogP contribution < -0.4 is 5.73 Å². The fourth-order valence-electron chi connectivity index (χ4n) is 4.40. The average Bonchev–Trinajstić information content (AvgIpc) is 3.08. The van der Waals surface area contributed by atoms with Crippen LogP contribution in [0.1, 0.15) is 129 Å². The normalized spacial score (nSPS) is 14.3. The Morgan fingerprint density at radius 1 is 0.633 bits per heavy atom. The van der Waals surface area contributed by atoms with Crippen LogP contribution >= 0.6 is 7.82 Å². The Balaban J connectivity index is 4.28. The minimum absolute atomic E-state index is 0.0428. The van der Waals surface area contributed by atoms with Crippen LogP contribution in [-0.4, -0.2) is 49.3 Å². The predicted octanol–water partition coefficient (Wildman–Crippen LogP) is 9.93. The minimum atomic E-state index is -4.38. The van der Waals surface area contributed by atoms with E-state index < -0.39 is 32.5 Å². The Hall–Kier alpha value is -2.55. The molecule has 9 nitrogen and oxygen atoms in total. The highest BCUT2D eigenvalue weighted by atomic mass is 31.2. The molecule has 0 rings (SSSR count). The van der Waals surface area contributed by atoms with Gasteiger partial charge in [0.25, 0.3) is 0 Å². The van der Waals surface area contributed by atoms with Crippen LogP contribution in [0.2, 0.25) is 0 Å². The molecule has 0 aromatic heterocycles. The van der Waals surface area contributed by atoms with E-state index >= 15 is 0 Å². The molecule has 0 aromatic rings. The molecule has 0 heterocycles. The molecule has 0 spiro atoms. The number of nitrogens with two attached hydrogens (primary N) is 1. The number of rotatable bonds is 33. The molecule has 0 saturated heterocycles. The number of allylic oxidation sites excluding steroid dienone is 12. The molecule has 2 unspecified atom stereocenters. The summed E-state index contributed by atoms with van der Waals surface area (Å²) in [5.41, 5.74) is 5.31. The van der Waals surface area contributed by atoms with Crippen molar-refractivity contribution in [1.82, 2.24) is 0 Å². The van der Waals surface area contributed by atoms with Gasteiger partial charge in [-0.25, -0.2) is 4.57 Å². The lowest BCUT2D eigenvalue weighted by Crippen LogP contribution is -2.29. The van der Waals surface area contributed by atoms with Crippen molar-refractivity contribution in [3.63, 3.8) is 0 Å². The zero-order chi connectivity index (χ0) is 36.1. The number of carbonyl (C=O) groups is 2. The maximum atomic E-state index is 12.5. The van der Waals surface area contributed by atoms with Gasteiger partial charge in [-0.1, -0.05) is 125 Å². The van der Waals surface area contributed by atoms with E-state index in [1.165, 1.54) is 19.3 Å². The molecular weight excluding hydrogens is 641 g/mol. The quantitative estimate of drug-likeness (QED) is 0.0296. The van der Waals surface area contributed by atoms with Gasteiger partial charge in [0.1, 0.15) is 6.61 Å². The largest absolute Gasteiger partial charge is 0.472 e. The number of esters is 2. The molecule has 0 fully saturated rings. The molecule has 0 aliphatic rings. The first-order chi connectivity index (χ1) is 23.8. The highest BCUT2D eigenvalue weighted by molar-refractivity contribution is 7.47. The van der Waals surface area contributed by atoms with E-state index in [0.29, 0.717) is 6.42 Å². The van der Waals surface area contributed by atoms with E-state index in [-0.39, 0.29) is 32.6 Å². The fourth-order valence-corrected chi connectivity index (χ4v) is 5.16. The lowest BCUT2D eigenvalue weighted by Gasteiger charge is -2.19. The standard InChI is InChI=1S/C39H66NO8P/c1-3-5-7-9-11-12-13-14-15-16-17-18-19-20-21-22-23-24-26-28-30-32-39(42)48-37(36-47-49(43,44)46-34-33-40)35-45-38(41)31-29-27-25-10-8-6-4-2/h5,7,11-12,14-15,17-18,20-21,23-24,37H,3-4,6,8-10,13,16,19,22,25-36,40H2,1-2H3,(H,43,44)/b7-5-,12-11-,15-14-,18-17-,21-20-,24-23-. The average molecular weight is 708 g/mol. The maximum Gasteiger partial charge on any atom is 0.472 e. The van der Waals surface area contributed by atoms with Crippen molar-refractivity contribution in [1.29, 1.82) is 0 Å². The van der Waals surface area contributed by atoms with Gasteiger partial charge < -0.3 is 20.1 Å². The summed E-state index contributed by atoms with van der Waals surface area (Å²) < 4.78 is 32.5. The third-order valence-corrected chi connectivity index (χ3v) is 8.09. The summed E-state index contributed by atoms with van der Waals surface area (Å²) in [7, 11) is -4.38. The van der Waals surface area contributed by atoms with Crippen molar-refractivity contribution >= 4 is 19.8 Å². The topological polar surface area (TPSA) is 134 Å². The third kappa shape index (κ3) is 35.1. The first kappa shape index (κ1) is 46.5. The number of hydrogen-bond donors (Lipinski definition) is 2. The van der Waals surface area contributed by atoms with Gasteiger partial charge in [-0.15, -0.1) is 0 Å². The van der Waals surface area contributed by atoms with Crippen LogP contribution in [0.5, 0.6) is 0 Å². The van der Waals surface area contributed by atoms with Gasteiger partial charge in [-0.05, 0) is 64.2 Å². The second-order valence-electron chi connectivity index (χ2n) is 11.7. The third-order valence-electron chi connectivity index (χ3n) is 7.11. The van der Waals surface area contributed by atoms with Gasteiger partial charge in [0, 0.05) is 19.4 Å². The second-order valence-corrected chi connectivity index (χ2v) is 13.2. The van der Waals surface area contributed by atoms with Gasteiger partial charge in [-0.3, -0.25) is 18.6 Å². The van der Waals surface area contributed by atoms with E-state index in [2.05, 4.69) is 86.8 Å². The summed E-state index contributed by atoms with van der Waals surface area (Å²) in [6.45, 7) is 3.48. The molecular formula is C39H66NO8P. The SMILES string of the molecule is CC/C=C\C/C=C\C/C=C\C/C=C\C/C=C\C/C=C\CCCCC(=O)OC(COC(=O)CCCCCCCCC)COP(=O)(O)OCCN. The highest BCUT2D eigenvalue weighted by Crippen LogP contribution is 2.43. The van der Waals surface area contributed by atoms with E-state index in [9.17, 15) is 19.0 Å². The Kier molecular flexibility index (Phi) is 33.4. The molecule has 280 valence electrons. The Morgan fingerprint density at radius 2 is 1.12 bits per heavy atom. The van der Waals surface area contributed by atoms with E-state index in [1.54, 1.807) is 0 Å². The van der Waals surface area contributed by atoms with Crippen molar-refractivity contribution in [3.8, 4) is 0 Å². The van der Waals surface area contributed by atoms with Crippen LogP contribution in [0, 0.1) is 0 Å². The Morgan fingerprint density at radius 3 is 1.67 bits per heavy atom. The van der Waals surface area contributed by atoms with Crippen molar-refractivity contribution in [2.24, 2.45) is 5.73 Å². The number of ether oxygens (including phenoxy) is 2. The van der Waals surface area contributed by atoms with Crippen LogP contribution in [0.25, 0.3) is 0 Å². The summed E-state index contributed by atoms with van der Waals surface area (Å²) in [4.78, 5) is 34.5. The van der Waals surface area contributed by atoms with Gasteiger partial charge in [0.15, 0.2) is 6.10 Å². The molecule has 0 saturated carbocycles. The zero-order valence-corrected chi connectivity index (χ0v) is 31.3. The first-order valence-electron chi connectivity index (χ1n) is 18.4. The van der Waals surface area contributed by atoms with E-state index in [4.69, 9.17) is 24.3 Å². The fraction of sp³-hybridized carbons (Fsp3) is 0.641. The van der Waals surface area contributed by atoms with Crippen molar-refractivity contribution in [3.05, 3.63) is 72.9 Å². The monoisotopic (exact) mass is 707 g/mol. The smallest absolute Gasteiger partial charge is 0.462 e. The first-order valence-corrected chi connectivity index (χ1v) is 19.9. The predicted molar refractivity (Wildman–Crippen MR) is 201 cm³/mol. The molecule has 3 N–H and O–H groups in total. The second kappa shape index (κ2) is 35.3. The van der Waals surface area contributed by atoms with Gasteiger partial charge in [0.05, 0.1) is 13.2 Å².